The number of hydrogen-bond acceptors (Lipinski definition) is 5. The van der Waals surface area contributed by atoms with Crippen LogP contribution in [0.5, 0.6) is 11.5 Å². The molecule has 0 amide bonds. The molecule has 0 saturated heterocycles. The van der Waals surface area contributed by atoms with Crippen molar-refractivity contribution < 1.29 is 9.47 Å². The monoisotopic (exact) mass is 327 g/mol. The van der Waals surface area contributed by atoms with Crippen molar-refractivity contribution in [2.24, 2.45) is 0 Å². The highest BCUT2D eigenvalue weighted by molar-refractivity contribution is 5.51. The van der Waals surface area contributed by atoms with Crippen molar-refractivity contribution in [1.82, 2.24) is 10.3 Å². The minimum Gasteiger partial charge on any atom is -0.496 e. The Morgan fingerprint density at radius 2 is 2.08 bits per heavy atom. The van der Waals surface area contributed by atoms with E-state index in [-0.39, 0.29) is 6.10 Å². The molecule has 0 bridgehead atoms. The molecule has 0 radical (unpaired) electrons. The third kappa shape index (κ3) is 3.46. The summed E-state index contributed by atoms with van der Waals surface area (Å²) in [5, 5.41) is 3.49. The molecule has 128 valence electrons. The first-order valence-corrected chi connectivity index (χ1v) is 8.26. The lowest BCUT2D eigenvalue weighted by atomic mass is 10.1. The third-order valence-electron chi connectivity index (χ3n) is 4.29. The normalized spacial score (nSPS) is 15.8. The zero-order chi connectivity index (χ0) is 17.1. The van der Waals surface area contributed by atoms with E-state index in [2.05, 4.69) is 34.3 Å². The molecule has 0 unspecified atom stereocenters. The molecule has 24 heavy (non-hydrogen) atoms. The maximum absolute atomic E-state index is 5.86. The van der Waals surface area contributed by atoms with Gasteiger partial charge in [-0.15, -0.1) is 0 Å². The summed E-state index contributed by atoms with van der Waals surface area (Å²) >= 11 is 0. The molecule has 0 spiro atoms. The van der Waals surface area contributed by atoms with Gasteiger partial charge < -0.3 is 19.7 Å². The fourth-order valence-electron chi connectivity index (χ4n) is 3.13. The van der Waals surface area contributed by atoms with Crippen molar-refractivity contribution >= 4 is 5.69 Å². The molecule has 1 N–H and O–H groups in total. The highest BCUT2D eigenvalue weighted by Crippen LogP contribution is 2.35. The molecular formula is C19H25N3O2. The molecule has 2 heterocycles. The Hall–Kier alpha value is -2.27. The van der Waals surface area contributed by atoms with E-state index in [1.807, 2.05) is 32.6 Å². The lowest BCUT2D eigenvalue weighted by molar-refractivity contribution is 0.254. The Morgan fingerprint density at radius 1 is 1.29 bits per heavy atom. The van der Waals surface area contributed by atoms with Crippen LogP contribution in [0.25, 0.3) is 0 Å². The van der Waals surface area contributed by atoms with E-state index in [1.165, 1.54) is 16.8 Å². The van der Waals surface area contributed by atoms with Gasteiger partial charge in [0.05, 0.1) is 7.11 Å². The van der Waals surface area contributed by atoms with Crippen LogP contribution in [0.2, 0.25) is 0 Å². The predicted octanol–water partition coefficient (Wildman–Crippen LogP) is 2.77. The predicted molar refractivity (Wildman–Crippen MR) is 95.9 cm³/mol. The number of pyridine rings is 1. The highest BCUT2D eigenvalue weighted by Gasteiger charge is 2.21. The van der Waals surface area contributed by atoms with Gasteiger partial charge in [0.25, 0.3) is 0 Å². The van der Waals surface area contributed by atoms with Gasteiger partial charge >= 0.3 is 0 Å². The second-order valence-corrected chi connectivity index (χ2v) is 6.41. The van der Waals surface area contributed by atoms with Gasteiger partial charge in [-0.2, -0.15) is 0 Å². The number of aromatic nitrogens is 1. The zero-order valence-corrected chi connectivity index (χ0v) is 14.8. The summed E-state index contributed by atoms with van der Waals surface area (Å²) in [6, 6.07) is 6.23. The molecule has 2 aromatic rings. The van der Waals surface area contributed by atoms with Gasteiger partial charge in [0.15, 0.2) is 0 Å². The number of benzene rings is 1. The molecule has 1 aliphatic rings. The number of fused-ring (bicyclic) bond motifs is 1. The van der Waals surface area contributed by atoms with Crippen molar-refractivity contribution in [3.05, 3.63) is 47.3 Å². The average Bonchev–Trinajstić information content (AvgIpc) is 2.93. The average molecular weight is 327 g/mol. The molecule has 1 aliphatic heterocycles. The number of anilines is 1. The van der Waals surface area contributed by atoms with Gasteiger partial charge in [-0.25, -0.2) is 0 Å². The van der Waals surface area contributed by atoms with Crippen LogP contribution in [0.15, 0.2) is 30.6 Å². The molecule has 0 fully saturated rings. The number of rotatable bonds is 6. The van der Waals surface area contributed by atoms with Crippen LogP contribution in [0, 0.1) is 0 Å². The summed E-state index contributed by atoms with van der Waals surface area (Å²) in [6.45, 7) is 3.56. The standard InChI is InChI=1S/C19H25N3O2/c1-13-7-14-8-18(23-4)15(9-19(14)24-13)10-21-12-16-11-20-6-5-17(16)22(2)3/h5-6,8-9,11,13,21H,7,10,12H2,1-4H3/t13-/m0/s1. The molecule has 5 nitrogen and oxygen atoms in total. The fraction of sp³-hybridized carbons (Fsp3) is 0.421. The minimum atomic E-state index is 0.242. The van der Waals surface area contributed by atoms with Gasteiger partial charge in [-0.3, -0.25) is 4.98 Å². The van der Waals surface area contributed by atoms with Crippen molar-refractivity contribution in [2.45, 2.75) is 32.5 Å². The van der Waals surface area contributed by atoms with Gasteiger partial charge in [0.1, 0.15) is 17.6 Å². The quantitative estimate of drug-likeness (QED) is 0.884. The van der Waals surface area contributed by atoms with Crippen LogP contribution >= 0.6 is 0 Å². The lowest BCUT2D eigenvalue weighted by Crippen LogP contribution is -2.18. The summed E-state index contributed by atoms with van der Waals surface area (Å²) in [4.78, 5) is 6.33. The van der Waals surface area contributed by atoms with Gasteiger partial charge in [-0.1, -0.05) is 0 Å². The third-order valence-corrected chi connectivity index (χ3v) is 4.29. The number of nitrogens with one attached hydrogen (secondary N) is 1. The Morgan fingerprint density at radius 3 is 2.83 bits per heavy atom. The first-order chi connectivity index (χ1) is 11.6. The summed E-state index contributed by atoms with van der Waals surface area (Å²) in [5.74, 6) is 1.90. The topological polar surface area (TPSA) is 46.6 Å². The molecule has 1 aromatic heterocycles. The van der Waals surface area contributed by atoms with Crippen LogP contribution in [0.3, 0.4) is 0 Å². The van der Waals surface area contributed by atoms with Crippen molar-refractivity contribution in [2.75, 3.05) is 26.1 Å². The second kappa shape index (κ2) is 7.09. The number of hydrogen-bond donors (Lipinski definition) is 1. The van der Waals surface area contributed by atoms with Crippen LogP contribution in [0.1, 0.15) is 23.6 Å². The van der Waals surface area contributed by atoms with Gasteiger partial charge in [-0.05, 0) is 25.1 Å². The maximum atomic E-state index is 5.86. The Bertz CT molecular complexity index is 716. The largest absolute Gasteiger partial charge is 0.496 e. The zero-order valence-electron chi connectivity index (χ0n) is 14.8. The van der Waals surface area contributed by atoms with E-state index >= 15 is 0 Å². The SMILES string of the molecule is COc1cc2c(cc1CNCc1cnccc1N(C)C)O[C@@H](C)C2. The molecular weight excluding hydrogens is 302 g/mol. The van der Waals surface area contributed by atoms with Gasteiger partial charge in [0, 0.05) is 68.4 Å². The Balaban J connectivity index is 1.70. The molecule has 3 rings (SSSR count). The van der Waals surface area contributed by atoms with E-state index < -0.39 is 0 Å². The number of nitrogens with zero attached hydrogens (tertiary/aromatic N) is 2. The molecule has 0 aliphatic carbocycles. The van der Waals surface area contributed by atoms with Crippen molar-refractivity contribution in [3.63, 3.8) is 0 Å². The molecule has 0 saturated carbocycles. The Kier molecular flexibility index (Phi) is 4.90. The summed E-state index contributed by atoms with van der Waals surface area (Å²) < 4.78 is 11.4. The second-order valence-electron chi connectivity index (χ2n) is 6.41. The maximum Gasteiger partial charge on any atom is 0.123 e. The van der Waals surface area contributed by atoms with E-state index in [0.29, 0.717) is 0 Å². The molecule has 1 atom stereocenters. The summed E-state index contributed by atoms with van der Waals surface area (Å²) in [5.41, 5.74) is 4.69. The molecule has 1 aromatic carbocycles. The minimum absolute atomic E-state index is 0.242. The summed E-state index contributed by atoms with van der Waals surface area (Å²) in [7, 11) is 5.80. The van der Waals surface area contributed by atoms with Crippen LogP contribution < -0.4 is 19.7 Å². The lowest BCUT2D eigenvalue weighted by Gasteiger charge is -2.17. The first kappa shape index (κ1) is 16.6. The van der Waals surface area contributed by atoms with Crippen LogP contribution in [0.4, 0.5) is 5.69 Å². The highest BCUT2D eigenvalue weighted by atomic mass is 16.5. The molecule has 5 heteroatoms. The van der Waals surface area contributed by atoms with Crippen LogP contribution in [-0.2, 0) is 19.5 Å². The Labute approximate surface area is 143 Å². The van der Waals surface area contributed by atoms with E-state index in [4.69, 9.17) is 9.47 Å². The van der Waals surface area contributed by atoms with E-state index in [1.54, 1.807) is 7.11 Å². The van der Waals surface area contributed by atoms with E-state index in [0.717, 1.165) is 36.6 Å². The van der Waals surface area contributed by atoms with Crippen molar-refractivity contribution in [3.8, 4) is 11.5 Å². The van der Waals surface area contributed by atoms with Crippen molar-refractivity contribution in [1.29, 1.82) is 0 Å². The summed E-state index contributed by atoms with van der Waals surface area (Å²) in [6.07, 6.45) is 4.92. The number of methoxy groups -OCH3 is 1. The van der Waals surface area contributed by atoms with Gasteiger partial charge in [0.2, 0.25) is 0 Å². The fourth-order valence-corrected chi connectivity index (χ4v) is 3.13. The van der Waals surface area contributed by atoms with E-state index in [9.17, 15) is 0 Å². The van der Waals surface area contributed by atoms with Crippen LogP contribution in [-0.4, -0.2) is 32.3 Å². The first-order valence-electron chi connectivity index (χ1n) is 8.26. The number of ether oxygens (including phenoxy) is 2. The smallest absolute Gasteiger partial charge is 0.123 e.